The first kappa shape index (κ1) is 23.0. The molecule has 1 aromatic rings. The summed E-state index contributed by atoms with van der Waals surface area (Å²) < 4.78 is 0. The third kappa shape index (κ3) is 8.01. The fraction of sp³-hybridized carbons (Fsp3) is 0.526. The molecule has 0 radical (unpaired) electrons. The minimum Gasteiger partial charge on any atom is -0.480 e. The molecule has 3 unspecified atom stereocenters. The molecule has 0 saturated heterocycles. The molecule has 27 heavy (non-hydrogen) atoms. The number of hydrogen-bond acceptors (Lipinski definition) is 5. The number of carbonyl (C=O) groups is 3. The van der Waals surface area contributed by atoms with Gasteiger partial charge in [0.1, 0.15) is 12.1 Å². The second-order valence-corrected chi connectivity index (χ2v) is 7.69. The van der Waals surface area contributed by atoms with Crippen LogP contribution in [0, 0.1) is 5.92 Å². The van der Waals surface area contributed by atoms with Crippen molar-refractivity contribution in [1.29, 1.82) is 0 Å². The Balaban J connectivity index is 2.91. The molecular weight excluding hydrogens is 366 g/mol. The number of aliphatic carboxylic acids is 1. The van der Waals surface area contributed by atoms with Crippen LogP contribution in [-0.2, 0) is 20.8 Å². The van der Waals surface area contributed by atoms with Crippen molar-refractivity contribution in [2.24, 2.45) is 11.7 Å². The van der Waals surface area contributed by atoms with Gasteiger partial charge >= 0.3 is 5.97 Å². The quantitative estimate of drug-likeness (QED) is 0.444. The first-order valence-corrected chi connectivity index (χ1v) is 10.3. The highest BCUT2D eigenvalue weighted by molar-refractivity contribution is 7.98. The third-order valence-electron chi connectivity index (χ3n) is 4.12. The number of thioether (sulfide) groups is 1. The maximum Gasteiger partial charge on any atom is 0.326 e. The van der Waals surface area contributed by atoms with Crippen molar-refractivity contribution in [2.75, 3.05) is 12.0 Å². The normalized spacial score (nSPS) is 14.3. The van der Waals surface area contributed by atoms with Gasteiger partial charge in [-0.05, 0) is 29.9 Å². The molecule has 0 aliphatic carbocycles. The average molecular weight is 396 g/mol. The topological polar surface area (TPSA) is 122 Å². The second kappa shape index (κ2) is 11.6. The number of hydrogen-bond donors (Lipinski definition) is 4. The first-order chi connectivity index (χ1) is 12.8. The largest absolute Gasteiger partial charge is 0.480 e. The summed E-state index contributed by atoms with van der Waals surface area (Å²) in [5.41, 5.74) is 6.75. The predicted octanol–water partition coefficient (Wildman–Crippen LogP) is 1.02. The average Bonchev–Trinajstić information content (AvgIpc) is 2.63. The van der Waals surface area contributed by atoms with E-state index < -0.39 is 35.9 Å². The molecule has 150 valence electrons. The summed E-state index contributed by atoms with van der Waals surface area (Å²) in [4.78, 5) is 36.5. The van der Waals surface area contributed by atoms with Gasteiger partial charge in [0.05, 0.1) is 6.04 Å². The van der Waals surface area contributed by atoms with Crippen LogP contribution in [-0.4, -0.2) is 53.0 Å². The van der Waals surface area contributed by atoms with Crippen LogP contribution in [0.25, 0.3) is 0 Å². The van der Waals surface area contributed by atoms with E-state index in [9.17, 15) is 19.5 Å². The Hall–Kier alpha value is -2.06. The monoisotopic (exact) mass is 395 g/mol. The highest BCUT2D eigenvalue weighted by Gasteiger charge is 2.29. The minimum atomic E-state index is -1.11. The molecule has 3 atom stereocenters. The lowest BCUT2D eigenvalue weighted by Gasteiger charge is -2.24. The summed E-state index contributed by atoms with van der Waals surface area (Å²) in [7, 11) is 0. The lowest BCUT2D eigenvalue weighted by atomic mass is 10.0. The van der Waals surface area contributed by atoms with Crippen LogP contribution in [0.2, 0.25) is 0 Å². The van der Waals surface area contributed by atoms with Crippen molar-refractivity contribution in [3.63, 3.8) is 0 Å². The lowest BCUT2D eigenvalue weighted by molar-refractivity contribution is -0.143. The smallest absolute Gasteiger partial charge is 0.326 e. The zero-order valence-corrected chi connectivity index (χ0v) is 16.8. The van der Waals surface area contributed by atoms with Gasteiger partial charge in [0.25, 0.3) is 0 Å². The van der Waals surface area contributed by atoms with E-state index >= 15 is 0 Å². The Morgan fingerprint density at radius 3 is 2.26 bits per heavy atom. The van der Waals surface area contributed by atoms with Crippen molar-refractivity contribution >= 4 is 29.5 Å². The van der Waals surface area contributed by atoms with Crippen LogP contribution in [0.4, 0.5) is 0 Å². The van der Waals surface area contributed by atoms with Crippen LogP contribution in [0.5, 0.6) is 0 Å². The highest BCUT2D eigenvalue weighted by Crippen LogP contribution is 2.07. The number of nitrogens with two attached hydrogens (primary N) is 1. The molecule has 8 heteroatoms. The SMILES string of the molecule is CSCCC(N)C(=O)NC(Cc1ccccc1)C(=O)NC(C(=O)O)C(C)C. The van der Waals surface area contributed by atoms with Crippen molar-refractivity contribution in [3.05, 3.63) is 35.9 Å². The fourth-order valence-electron chi connectivity index (χ4n) is 2.48. The van der Waals surface area contributed by atoms with E-state index in [0.29, 0.717) is 6.42 Å². The summed E-state index contributed by atoms with van der Waals surface area (Å²) in [5, 5.41) is 14.5. The molecule has 0 fully saturated rings. The fourth-order valence-corrected chi connectivity index (χ4v) is 2.97. The Bertz CT molecular complexity index is 625. The molecule has 0 bridgehead atoms. The van der Waals surface area contributed by atoms with Gasteiger partial charge < -0.3 is 21.5 Å². The van der Waals surface area contributed by atoms with E-state index in [4.69, 9.17) is 5.73 Å². The van der Waals surface area contributed by atoms with Gasteiger partial charge in [0.15, 0.2) is 0 Å². The van der Waals surface area contributed by atoms with Crippen LogP contribution in [0.15, 0.2) is 30.3 Å². The second-order valence-electron chi connectivity index (χ2n) is 6.71. The number of amides is 2. The zero-order chi connectivity index (χ0) is 20.4. The van der Waals surface area contributed by atoms with E-state index in [1.165, 1.54) is 0 Å². The van der Waals surface area contributed by atoms with Crippen LogP contribution < -0.4 is 16.4 Å². The van der Waals surface area contributed by atoms with Gasteiger partial charge in [0, 0.05) is 6.42 Å². The minimum absolute atomic E-state index is 0.248. The van der Waals surface area contributed by atoms with Crippen molar-refractivity contribution in [2.45, 2.75) is 44.8 Å². The first-order valence-electron chi connectivity index (χ1n) is 8.88. The summed E-state index contributed by atoms with van der Waals surface area (Å²) in [6.07, 6.45) is 2.67. The Morgan fingerprint density at radius 2 is 1.74 bits per heavy atom. The van der Waals surface area contributed by atoms with E-state index in [2.05, 4.69) is 10.6 Å². The molecule has 5 N–H and O–H groups in total. The maximum atomic E-state index is 12.7. The molecule has 0 spiro atoms. The van der Waals surface area contributed by atoms with Crippen LogP contribution >= 0.6 is 11.8 Å². The molecule has 0 aliphatic heterocycles. The Labute approximate surface area is 164 Å². The van der Waals surface area contributed by atoms with Gasteiger partial charge in [-0.15, -0.1) is 0 Å². The highest BCUT2D eigenvalue weighted by atomic mass is 32.2. The molecule has 0 aliphatic rings. The van der Waals surface area contributed by atoms with E-state index in [1.807, 2.05) is 36.6 Å². The van der Waals surface area contributed by atoms with Crippen LogP contribution in [0.3, 0.4) is 0 Å². The standard InChI is InChI=1S/C19H29N3O4S/c1-12(2)16(19(25)26)22-18(24)15(11-13-7-5-4-6-8-13)21-17(23)14(20)9-10-27-3/h4-8,12,14-16H,9-11,20H2,1-3H3,(H,21,23)(H,22,24)(H,25,26). The summed E-state index contributed by atoms with van der Waals surface area (Å²) in [5.74, 6) is -1.62. The Morgan fingerprint density at radius 1 is 1.11 bits per heavy atom. The molecule has 1 aromatic carbocycles. The lowest BCUT2D eigenvalue weighted by Crippen LogP contribution is -2.56. The number of benzene rings is 1. The van der Waals surface area contributed by atoms with E-state index in [-0.39, 0.29) is 12.3 Å². The van der Waals surface area contributed by atoms with E-state index in [1.54, 1.807) is 25.6 Å². The molecule has 0 aromatic heterocycles. The number of nitrogens with one attached hydrogen (secondary N) is 2. The number of carboxylic acid groups (broad SMARTS) is 1. The number of rotatable bonds is 11. The van der Waals surface area contributed by atoms with Crippen molar-refractivity contribution in [1.82, 2.24) is 10.6 Å². The summed E-state index contributed by atoms with van der Waals surface area (Å²) >= 11 is 1.59. The van der Waals surface area contributed by atoms with Gasteiger partial charge in [-0.1, -0.05) is 44.2 Å². The molecule has 1 rings (SSSR count). The van der Waals surface area contributed by atoms with Gasteiger partial charge in [-0.25, -0.2) is 4.79 Å². The zero-order valence-electron chi connectivity index (χ0n) is 16.0. The van der Waals surface area contributed by atoms with Crippen molar-refractivity contribution in [3.8, 4) is 0 Å². The number of carboxylic acids is 1. The number of carbonyl (C=O) groups excluding carboxylic acids is 2. The molecule has 2 amide bonds. The maximum absolute atomic E-state index is 12.7. The van der Waals surface area contributed by atoms with E-state index in [0.717, 1.165) is 11.3 Å². The molecular formula is C19H29N3O4S. The van der Waals surface area contributed by atoms with Crippen LogP contribution in [0.1, 0.15) is 25.8 Å². The molecule has 0 saturated carbocycles. The molecule has 0 heterocycles. The Kier molecular flexibility index (Phi) is 9.88. The van der Waals surface area contributed by atoms with Gasteiger partial charge in [-0.3, -0.25) is 9.59 Å². The van der Waals surface area contributed by atoms with Gasteiger partial charge in [-0.2, -0.15) is 11.8 Å². The van der Waals surface area contributed by atoms with Crippen molar-refractivity contribution < 1.29 is 19.5 Å². The third-order valence-corrected chi connectivity index (χ3v) is 4.76. The molecule has 7 nitrogen and oxygen atoms in total. The predicted molar refractivity (Wildman–Crippen MR) is 107 cm³/mol. The van der Waals surface area contributed by atoms with Gasteiger partial charge in [0.2, 0.25) is 11.8 Å². The summed E-state index contributed by atoms with van der Waals surface area (Å²) in [6, 6.07) is 6.57. The summed E-state index contributed by atoms with van der Waals surface area (Å²) in [6.45, 7) is 3.42.